The van der Waals surface area contributed by atoms with Crippen molar-refractivity contribution in [2.45, 2.75) is 20.8 Å². The van der Waals surface area contributed by atoms with Crippen LogP contribution >= 0.6 is 11.3 Å². The number of nitrogen functional groups attached to an aromatic ring is 1. The summed E-state index contributed by atoms with van der Waals surface area (Å²) in [5, 5.41) is 0. The zero-order valence-corrected chi connectivity index (χ0v) is 14.2. The van der Waals surface area contributed by atoms with Gasteiger partial charge in [0.05, 0.1) is 16.1 Å². The summed E-state index contributed by atoms with van der Waals surface area (Å²) in [6.45, 7) is 5.94. The highest BCUT2D eigenvalue weighted by Gasteiger charge is 2.16. The minimum absolute atomic E-state index is 0.0312. The van der Waals surface area contributed by atoms with Crippen molar-refractivity contribution in [2.75, 3.05) is 5.73 Å². The van der Waals surface area contributed by atoms with Gasteiger partial charge in [-0.1, -0.05) is 24.3 Å². The number of aryl methyl sites for hydroxylation is 2. The first-order valence-electron chi connectivity index (χ1n) is 7.40. The molecule has 0 amide bonds. The molecule has 0 saturated heterocycles. The lowest BCUT2D eigenvalue weighted by atomic mass is 9.94. The number of anilines is 1. The Kier molecular flexibility index (Phi) is 4.01. The van der Waals surface area contributed by atoms with Crippen molar-refractivity contribution >= 4 is 22.8 Å². The van der Waals surface area contributed by atoms with E-state index in [9.17, 15) is 4.79 Å². The van der Waals surface area contributed by atoms with Gasteiger partial charge in [-0.25, -0.2) is 4.98 Å². The molecule has 3 rings (SSSR count). The van der Waals surface area contributed by atoms with Crippen molar-refractivity contribution < 1.29 is 4.79 Å². The van der Waals surface area contributed by atoms with Gasteiger partial charge in [0.25, 0.3) is 0 Å². The summed E-state index contributed by atoms with van der Waals surface area (Å²) >= 11 is 1.57. The average Bonchev–Trinajstić information content (AvgIpc) is 2.95. The first-order chi connectivity index (χ1) is 11.0. The highest BCUT2D eigenvalue weighted by molar-refractivity contribution is 7.13. The van der Waals surface area contributed by atoms with E-state index in [0.29, 0.717) is 16.8 Å². The zero-order chi connectivity index (χ0) is 16.6. The van der Waals surface area contributed by atoms with Crippen LogP contribution in [-0.2, 0) is 0 Å². The summed E-state index contributed by atoms with van der Waals surface area (Å²) < 4.78 is 0. The Labute approximate surface area is 139 Å². The first-order valence-corrected chi connectivity index (χ1v) is 8.28. The van der Waals surface area contributed by atoms with Gasteiger partial charge in [0.15, 0.2) is 5.78 Å². The fraction of sp³-hybridized carbons (Fsp3) is 0.158. The number of nitrogens with zero attached hydrogens (tertiary/aromatic N) is 1. The van der Waals surface area contributed by atoms with E-state index in [1.165, 1.54) is 0 Å². The van der Waals surface area contributed by atoms with Crippen LogP contribution in [0.1, 0.15) is 32.7 Å². The van der Waals surface area contributed by atoms with Crippen LogP contribution in [0, 0.1) is 20.8 Å². The lowest BCUT2D eigenvalue weighted by Gasteiger charge is -2.10. The number of carbonyl (C=O) groups is 1. The van der Waals surface area contributed by atoms with Crippen LogP contribution < -0.4 is 5.73 Å². The SMILES string of the molecule is Cc1cccc(C(=O)c2ccc(-c3scnc3C)cc2N)c1C. The molecular weight excluding hydrogens is 304 g/mol. The van der Waals surface area contributed by atoms with Crippen LogP contribution in [0.3, 0.4) is 0 Å². The van der Waals surface area contributed by atoms with Gasteiger partial charge in [-0.15, -0.1) is 11.3 Å². The normalized spacial score (nSPS) is 10.7. The number of carbonyl (C=O) groups excluding carboxylic acids is 1. The smallest absolute Gasteiger partial charge is 0.195 e. The van der Waals surface area contributed by atoms with Crippen LogP contribution in [0.2, 0.25) is 0 Å². The topological polar surface area (TPSA) is 56.0 Å². The zero-order valence-electron chi connectivity index (χ0n) is 13.4. The fourth-order valence-electron chi connectivity index (χ4n) is 2.63. The Hall–Kier alpha value is -2.46. The maximum Gasteiger partial charge on any atom is 0.195 e. The van der Waals surface area contributed by atoms with Crippen LogP contribution in [0.5, 0.6) is 0 Å². The second-order valence-corrected chi connectivity index (χ2v) is 6.50. The molecule has 4 heteroatoms. The minimum atomic E-state index is -0.0312. The van der Waals surface area contributed by atoms with E-state index in [4.69, 9.17) is 5.73 Å². The summed E-state index contributed by atoms with van der Waals surface area (Å²) in [5.74, 6) is -0.0312. The summed E-state index contributed by atoms with van der Waals surface area (Å²) in [5.41, 5.74) is 13.8. The number of hydrogen-bond donors (Lipinski definition) is 1. The van der Waals surface area contributed by atoms with Gasteiger partial charge in [0.1, 0.15) is 0 Å². The minimum Gasteiger partial charge on any atom is -0.398 e. The maximum absolute atomic E-state index is 12.8. The Bertz CT molecular complexity index is 896. The lowest BCUT2D eigenvalue weighted by molar-refractivity contribution is 0.103. The van der Waals surface area contributed by atoms with E-state index in [0.717, 1.165) is 27.3 Å². The Morgan fingerprint density at radius 3 is 2.52 bits per heavy atom. The third kappa shape index (κ3) is 2.78. The number of rotatable bonds is 3. The fourth-order valence-corrected chi connectivity index (χ4v) is 3.43. The molecule has 0 aliphatic carbocycles. The molecule has 0 radical (unpaired) electrons. The molecule has 0 atom stereocenters. The molecule has 3 nitrogen and oxygen atoms in total. The second-order valence-electron chi connectivity index (χ2n) is 5.65. The van der Waals surface area contributed by atoms with Gasteiger partial charge < -0.3 is 5.73 Å². The van der Waals surface area contributed by atoms with Gasteiger partial charge in [-0.05, 0) is 49.6 Å². The molecule has 3 aromatic rings. The summed E-state index contributed by atoms with van der Waals surface area (Å²) in [4.78, 5) is 18.2. The highest BCUT2D eigenvalue weighted by Crippen LogP contribution is 2.31. The summed E-state index contributed by atoms with van der Waals surface area (Å²) in [6, 6.07) is 11.4. The standard InChI is InChI=1S/C19H18N2OS/c1-11-5-4-6-15(12(11)2)18(22)16-8-7-14(9-17(16)20)19-13(3)21-10-23-19/h4-10H,20H2,1-3H3. The summed E-state index contributed by atoms with van der Waals surface area (Å²) in [6.07, 6.45) is 0. The molecule has 0 bridgehead atoms. The van der Waals surface area contributed by atoms with Crippen molar-refractivity contribution in [1.29, 1.82) is 0 Å². The molecule has 0 aliphatic heterocycles. The predicted octanol–water partition coefficient (Wildman–Crippen LogP) is 4.55. The second kappa shape index (κ2) is 5.97. The average molecular weight is 322 g/mol. The van der Waals surface area contributed by atoms with Crippen LogP contribution in [0.25, 0.3) is 10.4 Å². The van der Waals surface area contributed by atoms with Crippen LogP contribution in [0.15, 0.2) is 41.9 Å². The number of ketones is 1. The van der Waals surface area contributed by atoms with Crippen molar-refractivity contribution in [2.24, 2.45) is 0 Å². The van der Waals surface area contributed by atoms with Gasteiger partial charge in [-0.2, -0.15) is 0 Å². The van der Waals surface area contributed by atoms with Crippen LogP contribution in [-0.4, -0.2) is 10.8 Å². The van der Waals surface area contributed by atoms with E-state index in [-0.39, 0.29) is 5.78 Å². The number of aromatic nitrogens is 1. The third-order valence-electron chi connectivity index (χ3n) is 4.15. The summed E-state index contributed by atoms with van der Waals surface area (Å²) in [7, 11) is 0. The molecule has 0 aliphatic rings. The van der Waals surface area contributed by atoms with E-state index < -0.39 is 0 Å². The molecule has 116 valence electrons. The Morgan fingerprint density at radius 2 is 1.87 bits per heavy atom. The van der Waals surface area contributed by atoms with Gasteiger partial charge in [-0.3, -0.25) is 4.79 Å². The number of hydrogen-bond acceptors (Lipinski definition) is 4. The maximum atomic E-state index is 12.8. The van der Waals surface area contributed by atoms with Crippen LogP contribution in [0.4, 0.5) is 5.69 Å². The van der Waals surface area contributed by atoms with Gasteiger partial charge in [0, 0.05) is 16.8 Å². The van der Waals surface area contributed by atoms with Crippen molar-refractivity contribution in [3.63, 3.8) is 0 Å². The van der Waals surface area contributed by atoms with Gasteiger partial charge >= 0.3 is 0 Å². The predicted molar refractivity (Wildman–Crippen MR) is 96.0 cm³/mol. The molecule has 0 unspecified atom stereocenters. The molecule has 2 aromatic carbocycles. The molecule has 2 N–H and O–H groups in total. The molecule has 0 spiro atoms. The number of nitrogens with two attached hydrogens (primary N) is 1. The largest absolute Gasteiger partial charge is 0.398 e. The first kappa shape index (κ1) is 15.4. The van der Waals surface area contributed by atoms with Crippen molar-refractivity contribution in [3.05, 3.63) is 69.9 Å². The molecule has 23 heavy (non-hydrogen) atoms. The van der Waals surface area contributed by atoms with E-state index in [1.807, 2.05) is 62.7 Å². The highest BCUT2D eigenvalue weighted by atomic mass is 32.1. The van der Waals surface area contributed by atoms with Crippen molar-refractivity contribution in [3.8, 4) is 10.4 Å². The van der Waals surface area contributed by atoms with E-state index in [1.54, 1.807) is 11.3 Å². The Morgan fingerprint density at radius 1 is 1.09 bits per heavy atom. The third-order valence-corrected chi connectivity index (χ3v) is 5.13. The lowest BCUT2D eigenvalue weighted by Crippen LogP contribution is -2.08. The van der Waals surface area contributed by atoms with E-state index >= 15 is 0 Å². The van der Waals surface area contributed by atoms with Gasteiger partial charge in [0.2, 0.25) is 0 Å². The van der Waals surface area contributed by atoms with E-state index in [2.05, 4.69) is 4.98 Å². The monoisotopic (exact) mass is 322 g/mol. The Balaban J connectivity index is 2.03. The molecule has 0 saturated carbocycles. The molecule has 0 fully saturated rings. The molecule has 1 heterocycles. The molecule has 1 aromatic heterocycles. The quantitative estimate of drug-likeness (QED) is 0.568. The van der Waals surface area contributed by atoms with Crippen molar-refractivity contribution in [1.82, 2.24) is 4.98 Å². The number of benzene rings is 2. The molecular formula is C19H18N2OS. The number of thiazole rings is 1.